The Morgan fingerprint density at radius 1 is 0.967 bits per heavy atom. The quantitative estimate of drug-likeness (QED) is 0.146. The van der Waals surface area contributed by atoms with Crippen molar-refractivity contribution in [3.05, 3.63) is 131 Å². The average molecular weight is 882 g/mol. The Morgan fingerprint density at radius 2 is 1.69 bits per heavy atom. The fourth-order valence-corrected chi connectivity index (χ4v) is 17.2. The predicted molar refractivity (Wildman–Crippen MR) is 249 cm³/mol. The molecule has 1 N–H and O–H groups in total. The molecule has 61 heavy (non-hydrogen) atoms. The van der Waals surface area contributed by atoms with Gasteiger partial charge in [0.1, 0.15) is 5.75 Å². The molecule has 1 fully saturated rings. The van der Waals surface area contributed by atoms with E-state index in [1.54, 1.807) is 13.2 Å². The highest BCUT2D eigenvalue weighted by Gasteiger charge is 2.51. The van der Waals surface area contributed by atoms with Gasteiger partial charge in [-0.05, 0) is 127 Å². The minimum absolute atomic E-state index is 0.0978. The number of aryl methyl sites for hydroxylation is 1. The average Bonchev–Trinajstić information content (AvgIpc) is 3.38. The van der Waals surface area contributed by atoms with E-state index >= 15 is 0 Å². The highest BCUT2D eigenvalue weighted by Crippen LogP contribution is 2.47. The molecule has 0 radical (unpaired) electrons. The number of amides is 1. The van der Waals surface area contributed by atoms with Gasteiger partial charge in [-0.3, -0.25) is 4.79 Å². The lowest BCUT2D eigenvalue weighted by atomic mass is 9.68. The fraction of sp³-hybridized carbons (Fsp3) is 0.460. The van der Waals surface area contributed by atoms with Crippen LogP contribution in [0.15, 0.2) is 109 Å². The molecule has 4 aromatic carbocycles. The van der Waals surface area contributed by atoms with Gasteiger partial charge < -0.3 is 18.8 Å². The van der Waals surface area contributed by atoms with Gasteiger partial charge in [-0.15, -0.1) is 0 Å². The molecule has 6 atom stereocenters. The van der Waals surface area contributed by atoms with E-state index < -0.39 is 35.6 Å². The smallest absolute Gasteiger partial charge is 0.264 e. The zero-order valence-corrected chi connectivity index (χ0v) is 38.8. The maximum Gasteiger partial charge on any atom is 0.264 e. The Hall–Kier alpha value is -3.93. The summed E-state index contributed by atoms with van der Waals surface area (Å²) in [6.07, 6.45) is 9.79. The predicted octanol–water partition coefficient (Wildman–Crippen LogP) is 8.99. The van der Waals surface area contributed by atoms with Crippen LogP contribution in [0.25, 0.3) is 0 Å². The Morgan fingerprint density at radius 3 is 2.34 bits per heavy atom. The second-order valence-corrected chi connectivity index (χ2v) is 25.6. The molecule has 0 aromatic heterocycles. The lowest BCUT2D eigenvalue weighted by Crippen LogP contribution is -2.67. The number of carbonyl (C=O) groups excluding carboxylic acids is 1. The first kappa shape index (κ1) is 43.7. The second-order valence-electron chi connectivity index (χ2n) is 18.9. The van der Waals surface area contributed by atoms with E-state index in [9.17, 15) is 13.2 Å². The molecule has 2 aliphatic carbocycles. The summed E-state index contributed by atoms with van der Waals surface area (Å²) in [7, 11) is -5.39. The van der Waals surface area contributed by atoms with Crippen molar-refractivity contribution in [1.82, 2.24) is 4.72 Å². The number of sulfonamides is 1. The van der Waals surface area contributed by atoms with Gasteiger partial charge in [0.2, 0.25) is 10.0 Å². The molecule has 4 aromatic rings. The van der Waals surface area contributed by atoms with Crippen LogP contribution in [0, 0.1) is 11.8 Å². The molecule has 8 nitrogen and oxygen atoms in total. The van der Waals surface area contributed by atoms with Gasteiger partial charge in [0.15, 0.2) is 0 Å². The number of nitrogens with zero attached hydrogens (tertiary/aromatic N) is 1. The fourth-order valence-electron chi connectivity index (χ4n) is 10.8. The van der Waals surface area contributed by atoms with Crippen LogP contribution in [-0.2, 0) is 31.0 Å². The molecule has 0 unspecified atom stereocenters. The van der Waals surface area contributed by atoms with Crippen LogP contribution in [0.1, 0.15) is 94.1 Å². The Kier molecular flexibility index (Phi) is 12.7. The van der Waals surface area contributed by atoms with Crippen LogP contribution >= 0.6 is 11.6 Å². The number of allylic oxidation sites excluding steroid dienone is 1. The molecular weight excluding hydrogens is 820 g/mol. The largest absolute Gasteiger partial charge is 0.490 e. The third-order valence-corrected chi connectivity index (χ3v) is 21.1. The molecule has 1 amide bonds. The normalized spacial score (nSPS) is 26.4. The van der Waals surface area contributed by atoms with E-state index in [1.807, 2.05) is 61.5 Å². The molecule has 1 saturated carbocycles. The minimum Gasteiger partial charge on any atom is -0.490 e. The summed E-state index contributed by atoms with van der Waals surface area (Å²) in [6.45, 7) is 10.6. The highest BCUT2D eigenvalue weighted by atomic mass is 35.5. The van der Waals surface area contributed by atoms with Crippen molar-refractivity contribution in [1.29, 1.82) is 0 Å². The number of benzene rings is 4. The SMILES string of the molecule is CO[C@H]1/C=C/CC[C@H](C[C@@H](C)O[Si](c2ccccc2)(c2ccccc2)C(C)(C)C)S(=O)(=O)NC(=O)c2ccc3c(c2)N(C[C@@H]2CC[C@H]21)C[C@@]1(CCCc2cc(Cl)ccc21)CO3. The van der Waals surface area contributed by atoms with Gasteiger partial charge in [0.05, 0.1) is 23.6 Å². The van der Waals surface area contributed by atoms with E-state index in [-0.39, 0.29) is 28.5 Å². The van der Waals surface area contributed by atoms with Gasteiger partial charge in [0.25, 0.3) is 14.2 Å². The molecule has 1 spiro atoms. The summed E-state index contributed by atoms with van der Waals surface area (Å²) in [4.78, 5) is 16.6. The molecule has 2 aliphatic heterocycles. The van der Waals surface area contributed by atoms with E-state index in [0.717, 1.165) is 59.7 Å². The Balaban J connectivity index is 1.13. The molecular formula is C50H61ClN2O6SSi. The van der Waals surface area contributed by atoms with Crippen LogP contribution in [-0.4, -0.2) is 66.9 Å². The van der Waals surface area contributed by atoms with Gasteiger partial charge in [0, 0.05) is 42.3 Å². The van der Waals surface area contributed by atoms with Crippen LogP contribution in [0.4, 0.5) is 5.69 Å². The molecule has 324 valence electrons. The monoisotopic (exact) mass is 880 g/mol. The number of carbonyl (C=O) groups is 1. The third kappa shape index (κ3) is 8.72. The summed E-state index contributed by atoms with van der Waals surface area (Å²) >= 11 is 6.50. The number of hydrogen-bond donors (Lipinski definition) is 1. The Labute approximate surface area is 369 Å². The first-order chi connectivity index (χ1) is 29.2. The first-order valence-corrected chi connectivity index (χ1v) is 25.9. The summed E-state index contributed by atoms with van der Waals surface area (Å²) in [5, 5.41) is 1.80. The lowest BCUT2D eigenvalue weighted by molar-refractivity contribution is 0.0131. The number of methoxy groups -OCH3 is 1. The molecule has 8 rings (SSSR count). The number of ether oxygens (including phenoxy) is 2. The number of hydrogen-bond acceptors (Lipinski definition) is 7. The second kappa shape index (κ2) is 17.7. The van der Waals surface area contributed by atoms with Crippen molar-refractivity contribution in [3.8, 4) is 5.75 Å². The molecule has 2 heterocycles. The van der Waals surface area contributed by atoms with Crippen molar-refractivity contribution < 1.29 is 27.1 Å². The van der Waals surface area contributed by atoms with Crippen LogP contribution in [0.3, 0.4) is 0 Å². The van der Waals surface area contributed by atoms with Gasteiger partial charge in [-0.25, -0.2) is 13.1 Å². The van der Waals surface area contributed by atoms with E-state index in [1.165, 1.54) is 11.1 Å². The highest BCUT2D eigenvalue weighted by molar-refractivity contribution is 7.90. The number of anilines is 1. The van der Waals surface area contributed by atoms with Gasteiger partial charge in [-0.1, -0.05) is 111 Å². The van der Waals surface area contributed by atoms with Crippen LogP contribution < -0.4 is 24.7 Å². The van der Waals surface area contributed by atoms with Gasteiger partial charge in [-0.2, -0.15) is 0 Å². The lowest BCUT2D eigenvalue weighted by Gasteiger charge is -2.46. The number of nitrogens with one attached hydrogen (secondary N) is 1. The Bertz CT molecular complexity index is 2300. The van der Waals surface area contributed by atoms with Crippen molar-refractivity contribution in [2.24, 2.45) is 11.8 Å². The van der Waals surface area contributed by atoms with Crippen LogP contribution in [0.2, 0.25) is 10.1 Å². The van der Waals surface area contributed by atoms with Crippen molar-refractivity contribution in [3.63, 3.8) is 0 Å². The maximum atomic E-state index is 14.6. The molecule has 0 saturated heterocycles. The van der Waals surface area contributed by atoms with E-state index in [4.69, 9.17) is 25.5 Å². The third-order valence-electron chi connectivity index (χ3n) is 14.0. The standard InChI is InChI=1S/C50H61ClN2O6SSi/c1-35(59-61(49(2,3)4,41-17-8-6-9-18-41)42-19-10-7-11-20-42)29-40-16-12-13-21-46(57-5)43-25-22-38(43)32-53-33-50(28-14-15-36-30-39(51)24-26-44(36)50)34-58-47-27-23-37(31-45(47)53)48(54)52-60(40,55)56/h6-11,13,17-21,23-24,26-27,30-31,35,38,40,43,46H,12,14-16,22,25,28-29,32-34H2,1-5H3,(H,52,54)/b21-13+/t35-,38+,40-,43-,46+,50+/m1/s1. The van der Waals surface area contributed by atoms with Crippen molar-refractivity contribution in [2.45, 2.75) is 107 Å². The van der Waals surface area contributed by atoms with E-state index in [2.05, 4.69) is 78.9 Å². The molecule has 4 aliphatic rings. The van der Waals surface area contributed by atoms with Crippen molar-refractivity contribution >= 4 is 51.9 Å². The minimum atomic E-state index is -4.18. The summed E-state index contributed by atoms with van der Waals surface area (Å²) < 4.78 is 52.0. The first-order valence-electron chi connectivity index (χ1n) is 22.1. The maximum absolute atomic E-state index is 14.6. The van der Waals surface area contributed by atoms with Gasteiger partial charge >= 0.3 is 0 Å². The summed E-state index contributed by atoms with van der Waals surface area (Å²) in [6, 6.07) is 32.4. The molecule has 2 bridgehead atoms. The summed E-state index contributed by atoms with van der Waals surface area (Å²) in [5.41, 5.74) is 3.36. The number of halogens is 1. The zero-order valence-electron chi connectivity index (χ0n) is 36.2. The topological polar surface area (TPSA) is 94.2 Å². The number of rotatable bonds is 7. The van der Waals surface area contributed by atoms with E-state index in [0.29, 0.717) is 43.6 Å². The van der Waals surface area contributed by atoms with Crippen LogP contribution in [0.5, 0.6) is 5.75 Å². The molecule has 11 heteroatoms. The van der Waals surface area contributed by atoms with Crippen molar-refractivity contribution in [2.75, 3.05) is 31.7 Å². The number of fused-ring (bicyclic) bond motifs is 4. The zero-order chi connectivity index (χ0) is 43.0. The summed E-state index contributed by atoms with van der Waals surface area (Å²) in [5.74, 6) is 0.725.